The minimum absolute atomic E-state index is 0.00660. The number of carbonyl (C=O) groups excluding carboxylic acids is 1. The van der Waals surface area contributed by atoms with Gasteiger partial charge in [0.25, 0.3) is 0 Å². The van der Waals surface area contributed by atoms with Gasteiger partial charge in [0.2, 0.25) is 12.7 Å². The van der Waals surface area contributed by atoms with Gasteiger partial charge in [-0.15, -0.1) is 0 Å². The van der Waals surface area contributed by atoms with Gasteiger partial charge in [0.05, 0.1) is 5.69 Å². The SMILES string of the molecule is Cc1cccc2ncc(C(CC(=O)NCCc3ccccc3)c3ccc4c(c3)OCO4)n12. The molecule has 6 nitrogen and oxygen atoms in total. The summed E-state index contributed by atoms with van der Waals surface area (Å²) in [4.78, 5) is 17.6. The van der Waals surface area contributed by atoms with Crippen LogP contribution in [0.3, 0.4) is 0 Å². The molecule has 1 unspecified atom stereocenters. The Hall–Kier alpha value is -3.80. The van der Waals surface area contributed by atoms with E-state index in [1.54, 1.807) is 0 Å². The molecule has 1 amide bonds. The van der Waals surface area contributed by atoms with Gasteiger partial charge in [-0.1, -0.05) is 42.5 Å². The molecule has 32 heavy (non-hydrogen) atoms. The number of carbonyl (C=O) groups is 1. The zero-order chi connectivity index (χ0) is 21.9. The third-order valence-corrected chi connectivity index (χ3v) is 5.88. The van der Waals surface area contributed by atoms with Gasteiger partial charge in [0, 0.05) is 30.8 Å². The van der Waals surface area contributed by atoms with Crippen LogP contribution in [0.1, 0.15) is 34.9 Å². The molecule has 162 valence electrons. The van der Waals surface area contributed by atoms with E-state index < -0.39 is 0 Å². The molecule has 1 N–H and O–H groups in total. The van der Waals surface area contributed by atoms with Gasteiger partial charge in [-0.05, 0) is 48.7 Å². The van der Waals surface area contributed by atoms with E-state index in [2.05, 4.69) is 39.8 Å². The van der Waals surface area contributed by atoms with Crippen LogP contribution in [0.2, 0.25) is 0 Å². The molecule has 1 aliphatic heterocycles. The molecule has 1 atom stereocenters. The highest BCUT2D eigenvalue weighted by Crippen LogP contribution is 2.38. The van der Waals surface area contributed by atoms with Crippen molar-refractivity contribution >= 4 is 11.6 Å². The Bertz CT molecular complexity index is 1250. The van der Waals surface area contributed by atoms with Crippen LogP contribution in [0.25, 0.3) is 5.65 Å². The zero-order valence-corrected chi connectivity index (χ0v) is 18.0. The van der Waals surface area contributed by atoms with Gasteiger partial charge in [0.1, 0.15) is 5.65 Å². The molecule has 0 radical (unpaired) electrons. The largest absolute Gasteiger partial charge is 0.454 e. The lowest BCUT2D eigenvalue weighted by Gasteiger charge is -2.19. The van der Waals surface area contributed by atoms with Crippen LogP contribution in [0.15, 0.2) is 72.9 Å². The first-order valence-corrected chi connectivity index (χ1v) is 10.8. The molecule has 3 heterocycles. The van der Waals surface area contributed by atoms with Crippen molar-refractivity contribution in [1.82, 2.24) is 14.7 Å². The van der Waals surface area contributed by atoms with Crippen LogP contribution in [0.5, 0.6) is 11.5 Å². The minimum Gasteiger partial charge on any atom is -0.454 e. The molecular weight excluding hydrogens is 402 g/mol. The lowest BCUT2D eigenvalue weighted by Crippen LogP contribution is -2.27. The van der Waals surface area contributed by atoms with E-state index in [0.29, 0.717) is 18.7 Å². The molecule has 0 saturated carbocycles. The van der Waals surface area contributed by atoms with Crippen LogP contribution in [0, 0.1) is 6.92 Å². The maximum Gasteiger partial charge on any atom is 0.231 e. The maximum absolute atomic E-state index is 13.0. The molecule has 0 aliphatic carbocycles. The van der Waals surface area contributed by atoms with Gasteiger partial charge >= 0.3 is 0 Å². The number of rotatable bonds is 7. The molecule has 2 aromatic heterocycles. The fraction of sp³-hybridized carbons (Fsp3) is 0.231. The van der Waals surface area contributed by atoms with Gasteiger partial charge in [0.15, 0.2) is 11.5 Å². The summed E-state index contributed by atoms with van der Waals surface area (Å²) in [5.74, 6) is 1.28. The van der Waals surface area contributed by atoms with Crippen molar-refractivity contribution in [2.45, 2.75) is 25.7 Å². The molecule has 0 bridgehead atoms. The Labute approximate surface area is 186 Å². The summed E-state index contributed by atoms with van der Waals surface area (Å²) in [6, 6.07) is 22.1. The molecular formula is C26H25N3O3. The molecule has 4 aromatic rings. The quantitative estimate of drug-likeness (QED) is 0.479. The van der Waals surface area contributed by atoms with Crippen molar-refractivity contribution in [3.05, 3.63) is 95.4 Å². The van der Waals surface area contributed by atoms with Gasteiger partial charge in [-0.25, -0.2) is 4.98 Å². The molecule has 6 heteroatoms. The first kappa shape index (κ1) is 20.1. The van der Waals surface area contributed by atoms with Gasteiger partial charge in [-0.3, -0.25) is 4.79 Å². The van der Waals surface area contributed by atoms with Crippen molar-refractivity contribution in [2.24, 2.45) is 0 Å². The number of aryl methyl sites for hydroxylation is 1. The Morgan fingerprint density at radius 2 is 1.91 bits per heavy atom. The van der Waals surface area contributed by atoms with Crippen molar-refractivity contribution in [3.8, 4) is 11.5 Å². The number of ether oxygens (including phenoxy) is 2. The topological polar surface area (TPSA) is 64.9 Å². The van der Waals surface area contributed by atoms with Gasteiger partial charge < -0.3 is 19.2 Å². The van der Waals surface area contributed by atoms with E-state index in [9.17, 15) is 4.79 Å². The summed E-state index contributed by atoms with van der Waals surface area (Å²) in [6.07, 6.45) is 2.99. The average molecular weight is 428 g/mol. The zero-order valence-electron chi connectivity index (χ0n) is 18.0. The number of nitrogens with zero attached hydrogens (tertiary/aromatic N) is 2. The summed E-state index contributed by atoms with van der Waals surface area (Å²) in [7, 11) is 0. The number of pyridine rings is 1. The number of imidazole rings is 1. The third kappa shape index (κ3) is 4.04. The first-order chi connectivity index (χ1) is 15.7. The minimum atomic E-state index is -0.169. The Balaban J connectivity index is 1.41. The summed E-state index contributed by atoms with van der Waals surface area (Å²) in [5.41, 5.74) is 5.13. The fourth-order valence-electron chi connectivity index (χ4n) is 4.25. The van der Waals surface area contributed by atoms with E-state index in [4.69, 9.17) is 9.47 Å². The van der Waals surface area contributed by atoms with E-state index in [0.717, 1.165) is 34.8 Å². The van der Waals surface area contributed by atoms with Crippen molar-refractivity contribution in [3.63, 3.8) is 0 Å². The predicted molar refractivity (Wildman–Crippen MR) is 122 cm³/mol. The normalized spacial score (nSPS) is 13.3. The van der Waals surface area contributed by atoms with E-state index in [1.165, 1.54) is 5.56 Å². The van der Waals surface area contributed by atoms with Crippen molar-refractivity contribution in [1.29, 1.82) is 0 Å². The first-order valence-electron chi connectivity index (χ1n) is 10.8. The second-order valence-electron chi connectivity index (χ2n) is 8.00. The van der Waals surface area contributed by atoms with Crippen LogP contribution >= 0.6 is 0 Å². The number of fused-ring (bicyclic) bond motifs is 2. The number of aromatic nitrogens is 2. The van der Waals surface area contributed by atoms with Crippen LogP contribution in [-0.2, 0) is 11.2 Å². The summed E-state index contributed by atoms with van der Waals surface area (Å²) in [6.45, 7) is 2.87. The monoisotopic (exact) mass is 427 g/mol. The van der Waals surface area contributed by atoms with Gasteiger partial charge in [-0.2, -0.15) is 0 Å². The van der Waals surface area contributed by atoms with Crippen molar-refractivity contribution < 1.29 is 14.3 Å². The summed E-state index contributed by atoms with van der Waals surface area (Å²) in [5, 5.41) is 3.08. The third-order valence-electron chi connectivity index (χ3n) is 5.88. The Morgan fingerprint density at radius 1 is 1.06 bits per heavy atom. The number of hydrogen-bond acceptors (Lipinski definition) is 4. The van der Waals surface area contributed by atoms with Crippen LogP contribution in [0.4, 0.5) is 0 Å². The molecule has 1 aliphatic rings. The number of nitrogens with one attached hydrogen (secondary N) is 1. The highest BCUT2D eigenvalue weighted by Gasteiger charge is 2.25. The average Bonchev–Trinajstić information content (AvgIpc) is 3.45. The summed E-state index contributed by atoms with van der Waals surface area (Å²) >= 11 is 0. The van der Waals surface area contributed by atoms with E-state index in [-0.39, 0.29) is 18.6 Å². The van der Waals surface area contributed by atoms with Crippen LogP contribution in [-0.4, -0.2) is 28.6 Å². The van der Waals surface area contributed by atoms with Crippen molar-refractivity contribution in [2.75, 3.05) is 13.3 Å². The molecule has 0 fully saturated rings. The molecule has 5 rings (SSSR count). The molecule has 0 saturated heterocycles. The molecule has 2 aromatic carbocycles. The van der Waals surface area contributed by atoms with E-state index in [1.807, 2.05) is 54.7 Å². The number of amides is 1. The summed E-state index contributed by atoms with van der Waals surface area (Å²) < 4.78 is 13.2. The Kier molecular flexibility index (Phi) is 5.50. The standard InChI is InChI=1S/C26H25N3O3/c1-18-6-5-9-25-28-16-22(29(18)25)21(20-10-11-23-24(14-20)32-17-31-23)15-26(30)27-13-12-19-7-3-2-4-8-19/h2-11,14,16,21H,12-13,15,17H2,1H3,(H,27,30). The Morgan fingerprint density at radius 3 is 2.78 bits per heavy atom. The number of benzene rings is 2. The number of hydrogen-bond donors (Lipinski definition) is 1. The molecule has 0 spiro atoms. The lowest BCUT2D eigenvalue weighted by atomic mass is 9.91. The van der Waals surface area contributed by atoms with E-state index >= 15 is 0 Å². The predicted octanol–water partition coefficient (Wildman–Crippen LogP) is 4.25. The smallest absolute Gasteiger partial charge is 0.231 e. The second-order valence-corrected chi connectivity index (χ2v) is 8.00. The fourth-order valence-corrected chi connectivity index (χ4v) is 4.25. The van der Waals surface area contributed by atoms with Crippen LogP contribution < -0.4 is 14.8 Å². The highest BCUT2D eigenvalue weighted by molar-refractivity contribution is 5.77. The highest BCUT2D eigenvalue weighted by atomic mass is 16.7. The maximum atomic E-state index is 13.0. The second kappa shape index (κ2) is 8.75. The lowest BCUT2D eigenvalue weighted by molar-refractivity contribution is -0.121.